The molecule has 1 nitrogen and oxygen atoms in total. The van der Waals surface area contributed by atoms with Crippen molar-refractivity contribution in [3.63, 3.8) is 0 Å². The predicted octanol–water partition coefficient (Wildman–Crippen LogP) is 2.33. The summed E-state index contributed by atoms with van der Waals surface area (Å²) in [4.78, 5) is 0. The molecule has 0 saturated heterocycles. The molecule has 4 unspecified atom stereocenters. The first-order valence-corrected chi connectivity index (χ1v) is 5.66. The average molecular weight is 177 g/mol. The van der Waals surface area contributed by atoms with Gasteiger partial charge in [-0.15, -0.1) is 6.58 Å². The smallest absolute Gasteiger partial charge is 0.00416 e. The molecule has 3 aliphatic carbocycles. The van der Waals surface area contributed by atoms with Crippen LogP contribution in [-0.2, 0) is 0 Å². The summed E-state index contributed by atoms with van der Waals surface area (Å²) in [5, 5.41) is 0. The van der Waals surface area contributed by atoms with Crippen LogP contribution in [-0.4, -0.2) is 6.04 Å². The molecule has 3 aliphatic rings. The fraction of sp³-hybridized carbons (Fsp3) is 0.833. The molecule has 72 valence electrons. The number of hydrogen-bond donors (Lipinski definition) is 1. The number of fused-ring (bicyclic) bond motifs is 1. The molecule has 13 heavy (non-hydrogen) atoms. The van der Waals surface area contributed by atoms with Crippen LogP contribution in [0.4, 0.5) is 0 Å². The molecular formula is C12H19N. The molecule has 3 saturated carbocycles. The van der Waals surface area contributed by atoms with Gasteiger partial charge in [-0.2, -0.15) is 0 Å². The van der Waals surface area contributed by atoms with Crippen LogP contribution in [0.5, 0.6) is 0 Å². The van der Waals surface area contributed by atoms with E-state index in [9.17, 15) is 0 Å². The minimum Gasteiger partial charge on any atom is -0.328 e. The molecule has 5 atom stereocenters. The van der Waals surface area contributed by atoms with Crippen molar-refractivity contribution in [2.75, 3.05) is 0 Å². The highest BCUT2D eigenvalue weighted by molar-refractivity contribution is 5.23. The highest BCUT2D eigenvalue weighted by Gasteiger charge is 2.69. The third-order valence-electron chi connectivity index (χ3n) is 4.81. The molecule has 0 aliphatic heterocycles. The van der Waals surface area contributed by atoms with E-state index < -0.39 is 0 Å². The largest absolute Gasteiger partial charge is 0.328 e. The first-order valence-electron chi connectivity index (χ1n) is 5.66. The van der Waals surface area contributed by atoms with Crippen molar-refractivity contribution in [1.82, 2.24) is 0 Å². The van der Waals surface area contributed by atoms with E-state index in [1.165, 1.54) is 32.1 Å². The van der Waals surface area contributed by atoms with Gasteiger partial charge in [0, 0.05) is 6.04 Å². The van der Waals surface area contributed by atoms with Crippen molar-refractivity contribution < 1.29 is 0 Å². The number of rotatable bonds is 1. The Balaban J connectivity index is 1.80. The molecule has 0 amide bonds. The highest BCUT2D eigenvalue weighted by atomic mass is 14.8. The highest BCUT2D eigenvalue weighted by Crippen LogP contribution is 2.75. The Kier molecular flexibility index (Phi) is 1.48. The van der Waals surface area contributed by atoms with E-state index in [1.54, 1.807) is 0 Å². The van der Waals surface area contributed by atoms with Gasteiger partial charge in [0.05, 0.1) is 0 Å². The van der Waals surface area contributed by atoms with Gasteiger partial charge < -0.3 is 5.73 Å². The first kappa shape index (κ1) is 8.05. The summed E-state index contributed by atoms with van der Waals surface area (Å²) in [7, 11) is 0. The quantitative estimate of drug-likeness (QED) is 0.611. The molecule has 0 aromatic heterocycles. The monoisotopic (exact) mass is 177 g/mol. The predicted molar refractivity (Wildman–Crippen MR) is 54.2 cm³/mol. The lowest BCUT2D eigenvalue weighted by atomic mass is 9.65. The number of hydrogen-bond acceptors (Lipinski definition) is 1. The minimum atomic E-state index is 0.499. The second-order valence-corrected chi connectivity index (χ2v) is 5.38. The lowest BCUT2D eigenvalue weighted by molar-refractivity contribution is 0.154. The third kappa shape index (κ3) is 0.914. The minimum absolute atomic E-state index is 0.499. The topological polar surface area (TPSA) is 26.0 Å². The van der Waals surface area contributed by atoms with Crippen LogP contribution in [0.1, 0.15) is 32.1 Å². The zero-order chi connectivity index (χ0) is 9.05. The molecule has 2 N–H and O–H groups in total. The lowest BCUT2D eigenvalue weighted by Crippen LogP contribution is -2.32. The van der Waals surface area contributed by atoms with Crippen LogP contribution in [0, 0.1) is 23.2 Å². The summed E-state index contributed by atoms with van der Waals surface area (Å²) < 4.78 is 0. The average Bonchev–Trinajstić information content (AvgIpc) is 2.59. The van der Waals surface area contributed by atoms with Gasteiger partial charge in [0.2, 0.25) is 0 Å². The summed E-state index contributed by atoms with van der Waals surface area (Å²) in [5.74, 6) is 3.02. The van der Waals surface area contributed by atoms with E-state index in [0.717, 1.165) is 17.8 Å². The van der Waals surface area contributed by atoms with Gasteiger partial charge in [0.1, 0.15) is 0 Å². The maximum Gasteiger partial charge on any atom is 0.00416 e. The van der Waals surface area contributed by atoms with E-state index in [1.807, 2.05) is 0 Å². The summed E-state index contributed by atoms with van der Waals surface area (Å²) in [5.41, 5.74) is 6.63. The molecule has 0 radical (unpaired) electrons. The molecule has 0 bridgehead atoms. The van der Waals surface area contributed by atoms with E-state index in [0.29, 0.717) is 11.5 Å². The molecule has 0 spiro atoms. The van der Waals surface area contributed by atoms with Gasteiger partial charge in [-0.1, -0.05) is 12.5 Å². The van der Waals surface area contributed by atoms with Gasteiger partial charge in [0.15, 0.2) is 0 Å². The molecule has 0 heterocycles. The Bertz CT molecular complexity index is 248. The first-order chi connectivity index (χ1) is 6.27. The normalized spacial score (nSPS) is 58.2. The van der Waals surface area contributed by atoms with E-state index in [4.69, 9.17) is 5.73 Å². The van der Waals surface area contributed by atoms with Crippen molar-refractivity contribution in [2.45, 2.75) is 38.1 Å². The van der Waals surface area contributed by atoms with Crippen LogP contribution in [0.3, 0.4) is 0 Å². The van der Waals surface area contributed by atoms with Crippen molar-refractivity contribution >= 4 is 0 Å². The number of nitrogens with two attached hydrogens (primary N) is 1. The molecular weight excluding hydrogens is 158 g/mol. The Morgan fingerprint density at radius 1 is 1.38 bits per heavy atom. The van der Waals surface area contributed by atoms with Crippen LogP contribution < -0.4 is 5.73 Å². The molecule has 3 rings (SSSR count). The Morgan fingerprint density at radius 2 is 2.23 bits per heavy atom. The van der Waals surface area contributed by atoms with Crippen LogP contribution in [0.25, 0.3) is 0 Å². The fourth-order valence-corrected chi connectivity index (χ4v) is 4.06. The molecule has 1 heteroatoms. The summed E-state index contributed by atoms with van der Waals surface area (Å²) in [6, 6.07) is 0.499. The maximum atomic E-state index is 6.06. The lowest BCUT2D eigenvalue weighted by Gasteiger charge is -2.39. The summed E-state index contributed by atoms with van der Waals surface area (Å²) >= 11 is 0. The summed E-state index contributed by atoms with van der Waals surface area (Å²) in [6.45, 7) is 4.03. The van der Waals surface area contributed by atoms with E-state index in [-0.39, 0.29) is 0 Å². The van der Waals surface area contributed by atoms with Gasteiger partial charge >= 0.3 is 0 Å². The van der Waals surface area contributed by atoms with Gasteiger partial charge in [-0.3, -0.25) is 0 Å². The Morgan fingerprint density at radius 3 is 3.00 bits per heavy atom. The van der Waals surface area contributed by atoms with Crippen molar-refractivity contribution in [3.8, 4) is 0 Å². The zero-order valence-electron chi connectivity index (χ0n) is 8.21. The molecule has 3 fully saturated rings. The van der Waals surface area contributed by atoms with Gasteiger partial charge in [0.25, 0.3) is 0 Å². The van der Waals surface area contributed by atoms with E-state index >= 15 is 0 Å². The fourth-order valence-electron chi connectivity index (χ4n) is 4.06. The van der Waals surface area contributed by atoms with Gasteiger partial charge in [-0.05, 0) is 48.9 Å². The van der Waals surface area contributed by atoms with Crippen molar-refractivity contribution in [1.29, 1.82) is 0 Å². The zero-order valence-corrected chi connectivity index (χ0v) is 8.21. The summed E-state index contributed by atoms with van der Waals surface area (Å²) in [6.07, 6.45) is 8.91. The Labute approximate surface area is 80.4 Å². The Hall–Kier alpha value is -0.300. The van der Waals surface area contributed by atoms with Gasteiger partial charge in [-0.25, -0.2) is 0 Å². The maximum absolute atomic E-state index is 6.06. The SMILES string of the molecule is C=CC12CCC[C@H](N)CC3C(C1)C32. The van der Waals surface area contributed by atoms with Crippen LogP contribution in [0.2, 0.25) is 0 Å². The third-order valence-corrected chi connectivity index (χ3v) is 4.81. The van der Waals surface area contributed by atoms with Crippen molar-refractivity contribution in [2.24, 2.45) is 28.9 Å². The number of allylic oxidation sites excluding steroid dienone is 1. The van der Waals surface area contributed by atoms with Crippen molar-refractivity contribution in [3.05, 3.63) is 12.7 Å². The molecule has 0 aromatic carbocycles. The second kappa shape index (κ2) is 2.38. The van der Waals surface area contributed by atoms with E-state index in [2.05, 4.69) is 12.7 Å². The molecule has 0 aromatic rings. The second-order valence-electron chi connectivity index (χ2n) is 5.38. The van der Waals surface area contributed by atoms with Crippen LogP contribution >= 0.6 is 0 Å². The van der Waals surface area contributed by atoms with Crippen LogP contribution in [0.15, 0.2) is 12.7 Å². The standard InChI is InChI=1S/C12H19N/c1-2-12-5-3-4-8(13)6-9-10(7-12)11(9)12/h2,8-11H,1,3-7,13H2/t8-,9?,10?,11?,12?/m0/s1.